The average Bonchev–Trinajstić information content (AvgIpc) is 2.45. The number of benzene rings is 1. The summed E-state index contributed by atoms with van der Waals surface area (Å²) in [4.78, 5) is 27.0. The molecule has 0 saturated carbocycles. The highest BCUT2D eigenvalue weighted by molar-refractivity contribution is 9.10. The van der Waals surface area contributed by atoms with Crippen molar-refractivity contribution in [3.63, 3.8) is 0 Å². The number of thioether (sulfide) groups is 1. The molecule has 2 rings (SSSR count). The number of nitrogens with zero attached hydrogens (tertiary/aromatic N) is 1. The molecule has 114 valence electrons. The van der Waals surface area contributed by atoms with Crippen molar-refractivity contribution in [3.8, 4) is 0 Å². The van der Waals surface area contributed by atoms with Crippen molar-refractivity contribution in [1.82, 2.24) is 10.2 Å². The molecule has 6 heteroatoms. The van der Waals surface area contributed by atoms with E-state index in [1.165, 1.54) is 11.8 Å². The molecule has 21 heavy (non-hydrogen) atoms. The lowest BCUT2D eigenvalue weighted by molar-refractivity contribution is -0.141. The van der Waals surface area contributed by atoms with Gasteiger partial charge in [0.25, 0.3) is 0 Å². The summed E-state index contributed by atoms with van der Waals surface area (Å²) in [5, 5.41) is 2.81. The van der Waals surface area contributed by atoms with E-state index in [1.54, 1.807) is 4.90 Å². The van der Waals surface area contributed by atoms with Crippen LogP contribution < -0.4 is 5.32 Å². The lowest BCUT2D eigenvalue weighted by atomic mass is 10.1. The fourth-order valence-electron chi connectivity index (χ4n) is 2.42. The van der Waals surface area contributed by atoms with Crippen LogP contribution in [-0.4, -0.2) is 41.6 Å². The van der Waals surface area contributed by atoms with Gasteiger partial charge in [-0.2, -0.15) is 0 Å². The highest BCUT2D eigenvalue weighted by Crippen LogP contribution is 2.26. The first kappa shape index (κ1) is 16.4. The molecule has 4 nitrogen and oxygen atoms in total. The normalized spacial score (nSPS) is 18.5. The van der Waals surface area contributed by atoms with Gasteiger partial charge in [-0.15, -0.1) is 11.8 Å². The Morgan fingerprint density at radius 3 is 2.95 bits per heavy atom. The smallest absolute Gasteiger partial charge is 0.242 e. The van der Waals surface area contributed by atoms with Gasteiger partial charge < -0.3 is 10.2 Å². The minimum absolute atomic E-state index is 0.0315. The molecule has 1 aromatic carbocycles. The van der Waals surface area contributed by atoms with Crippen LogP contribution in [0.3, 0.4) is 0 Å². The van der Waals surface area contributed by atoms with E-state index < -0.39 is 0 Å². The summed E-state index contributed by atoms with van der Waals surface area (Å²) in [6.07, 6.45) is 0.652. The van der Waals surface area contributed by atoms with E-state index in [9.17, 15) is 9.59 Å². The van der Waals surface area contributed by atoms with E-state index in [1.807, 2.05) is 32.0 Å². The molecule has 1 atom stereocenters. The van der Waals surface area contributed by atoms with Crippen molar-refractivity contribution < 1.29 is 9.59 Å². The molecular formula is C15H19BrN2O2S. The molecular weight excluding hydrogens is 352 g/mol. The zero-order chi connectivity index (χ0) is 15.4. The number of hydrogen-bond donors (Lipinski definition) is 1. The van der Waals surface area contributed by atoms with E-state index in [2.05, 4.69) is 21.2 Å². The van der Waals surface area contributed by atoms with Gasteiger partial charge in [-0.1, -0.05) is 22.9 Å². The van der Waals surface area contributed by atoms with Crippen molar-refractivity contribution in [3.05, 3.63) is 28.2 Å². The second-order valence-electron chi connectivity index (χ2n) is 5.00. The van der Waals surface area contributed by atoms with Crippen LogP contribution in [0.1, 0.15) is 18.9 Å². The van der Waals surface area contributed by atoms with Crippen LogP contribution in [0.15, 0.2) is 27.6 Å². The van der Waals surface area contributed by atoms with Gasteiger partial charge in [0.1, 0.15) is 6.04 Å². The number of amides is 2. The summed E-state index contributed by atoms with van der Waals surface area (Å²) >= 11 is 4.96. The third-order valence-electron chi connectivity index (χ3n) is 3.53. The minimum atomic E-state index is -0.321. The van der Waals surface area contributed by atoms with E-state index in [-0.39, 0.29) is 17.9 Å². The van der Waals surface area contributed by atoms with Crippen molar-refractivity contribution in [2.24, 2.45) is 0 Å². The summed E-state index contributed by atoms with van der Waals surface area (Å²) in [5.74, 6) is 0.359. The molecule has 1 heterocycles. The fourth-order valence-corrected chi connectivity index (χ4v) is 3.79. The number of aryl methyl sites for hydroxylation is 1. The highest BCUT2D eigenvalue weighted by atomic mass is 79.9. The first-order chi connectivity index (χ1) is 10.0. The van der Waals surface area contributed by atoms with Crippen molar-refractivity contribution in [1.29, 1.82) is 0 Å². The van der Waals surface area contributed by atoms with E-state index in [0.29, 0.717) is 25.3 Å². The quantitative estimate of drug-likeness (QED) is 0.828. The average molecular weight is 371 g/mol. The molecule has 1 aliphatic heterocycles. The van der Waals surface area contributed by atoms with Crippen LogP contribution in [0, 0.1) is 6.92 Å². The summed E-state index contributed by atoms with van der Waals surface area (Å²) in [5.41, 5.74) is 1.14. The molecule has 1 aliphatic rings. The van der Waals surface area contributed by atoms with Gasteiger partial charge in [0.15, 0.2) is 0 Å². The third-order valence-corrected chi connectivity index (χ3v) is 5.18. The first-order valence-electron chi connectivity index (χ1n) is 6.99. The van der Waals surface area contributed by atoms with Crippen molar-refractivity contribution in [2.75, 3.05) is 18.8 Å². The molecule has 1 saturated heterocycles. The topological polar surface area (TPSA) is 49.4 Å². The minimum Gasteiger partial charge on any atom is -0.353 e. The Kier molecular flexibility index (Phi) is 5.70. The van der Waals surface area contributed by atoms with Crippen molar-refractivity contribution in [2.45, 2.75) is 31.2 Å². The standard InChI is InChI=1S/C15H19BrN2O2S/c1-3-12-15(20)17-6-7-18(12)14(19)9-21-13-5-4-11(16)8-10(13)2/h4-5,8,12H,3,6-7,9H2,1-2H3,(H,17,20). The van der Waals surface area contributed by atoms with Crippen molar-refractivity contribution >= 4 is 39.5 Å². The molecule has 0 aromatic heterocycles. The zero-order valence-corrected chi connectivity index (χ0v) is 14.6. The Morgan fingerprint density at radius 1 is 1.52 bits per heavy atom. The summed E-state index contributed by atoms with van der Waals surface area (Å²) < 4.78 is 1.04. The lowest BCUT2D eigenvalue weighted by Crippen LogP contribution is -2.57. The maximum Gasteiger partial charge on any atom is 0.242 e. The Bertz CT molecular complexity index is 550. The van der Waals surface area contributed by atoms with E-state index >= 15 is 0 Å². The third kappa shape index (κ3) is 4.01. The molecule has 0 bridgehead atoms. The van der Waals surface area contributed by atoms with E-state index in [0.717, 1.165) is 14.9 Å². The van der Waals surface area contributed by atoms with Crippen LogP contribution in [0.5, 0.6) is 0 Å². The Balaban J connectivity index is 1.99. The molecule has 0 spiro atoms. The largest absolute Gasteiger partial charge is 0.353 e. The number of halogens is 1. The SMILES string of the molecule is CCC1C(=O)NCCN1C(=O)CSc1ccc(Br)cc1C. The zero-order valence-electron chi connectivity index (χ0n) is 12.2. The Hall–Kier alpha value is -1.01. The van der Waals surface area contributed by atoms with Gasteiger partial charge in [-0.3, -0.25) is 9.59 Å². The Labute approximate surface area is 137 Å². The van der Waals surface area contributed by atoms with E-state index in [4.69, 9.17) is 0 Å². The number of rotatable bonds is 4. The maximum absolute atomic E-state index is 12.4. The maximum atomic E-state index is 12.4. The monoisotopic (exact) mass is 370 g/mol. The predicted molar refractivity (Wildman–Crippen MR) is 88.4 cm³/mol. The molecule has 0 radical (unpaired) electrons. The van der Waals surface area contributed by atoms with Gasteiger partial charge in [0.05, 0.1) is 5.75 Å². The second kappa shape index (κ2) is 7.31. The lowest BCUT2D eigenvalue weighted by Gasteiger charge is -2.34. The molecule has 0 aliphatic carbocycles. The number of carbonyl (C=O) groups excluding carboxylic acids is 2. The fraction of sp³-hybridized carbons (Fsp3) is 0.467. The molecule has 1 aromatic rings. The summed E-state index contributed by atoms with van der Waals surface area (Å²) in [6.45, 7) is 5.11. The molecule has 2 amide bonds. The van der Waals surface area contributed by atoms with Crippen LogP contribution in [0.25, 0.3) is 0 Å². The number of nitrogens with one attached hydrogen (secondary N) is 1. The van der Waals surface area contributed by atoms with Gasteiger partial charge in [0.2, 0.25) is 11.8 Å². The highest BCUT2D eigenvalue weighted by Gasteiger charge is 2.31. The molecule has 1 N–H and O–H groups in total. The Morgan fingerprint density at radius 2 is 2.29 bits per heavy atom. The van der Waals surface area contributed by atoms with Crippen LogP contribution in [0.2, 0.25) is 0 Å². The number of piperazine rings is 1. The van der Waals surface area contributed by atoms with Crippen LogP contribution >= 0.6 is 27.7 Å². The summed E-state index contributed by atoms with van der Waals surface area (Å²) in [6, 6.07) is 5.70. The first-order valence-corrected chi connectivity index (χ1v) is 8.77. The van der Waals surface area contributed by atoms with Crippen LogP contribution in [-0.2, 0) is 9.59 Å². The summed E-state index contributed by atoms with van der Waals surface area (Å²) in [7, 11) is 0. The molecule has 1 unspecified atom stereocenters. The van der Waals surface area contributed by atoms with Gasteiger partial charge in [-0.05, 0) is 37.1 Å². The van der Waals surface area contributed by atoms with Gasteiger partial charge >= 0.3 is 0 Å². The van der Waals surface area contributed by atoms with Gasteiger partial charge in [-0.25, -0.2) is 0 Å². The molecule has 1 fully saturated rings. The van der Waals surface area contributed by atoms with Crippen LogP contribution in [0.4, 0.5) is 0 Å². The van der Waals surface area contributed by atoms with Gasteiger partial charge in [0, 0.05) is 22.5 Å². The predicted octanol–water partition coefficient (Wildman–Crippen LogP) is 2.59. The number of hydrogen-bond acceptors (Lipinski definition) is 3. The second-order valence-corrected chi connectivity index (χ2v) is 6.93. The number of carbonyl (C=O) groups is 2.